The molecule has 2 aliphatic rings. The Morgan fingerprint density at radius 2 is 1.95 bits per heavy atom. The molecule has 1 heterocycles. The average Bonchev–Trinajstić information content (AvgIpc) is 2.53. The fourth-order valence-corrected chi connectivity index (χ4v) is 3.32. The Balaban J connectivity index is 1.57. The van der Waals surface area contributed by atoms with Gasteiger partial charge in [0, 0.05) is 26.1 Å². The maximum atomic E-state index is 12.4. The SMILES string of the molecule is Cc1ccc(/C=C2/CCC(CN3CCOCC3)CC2=O)cc1. The summed E-state index contributed by atoms with van der Waals surface area (Å²) in [5, 5.41) is 0. The number of nitrogens with zero attached hydrogens (tertiary/aromatic N) is 1. The van der Waals surface area contributed by atoms with Crippen molar-refractivity contribution in [2.24, 2.45) is 5.92 Å². The summed E-state index contributed by atoms with van der Waals surface area (Å²) < 4.78 is 5.38. The van der Waals surface area contributed by atoms with Crippen LogP contribution in [0.15, 0.2) is 29.8 Å². The van der Waals surface area contributed by atoms with Crippen molar-refractivity contribution < 1.29 is 9.53 Å². The molecule has 22 heavy (non-hydrogen) atoms. The Bertz CT molecular complexity index is 541. The van der Waals surface area contributed by atoms with Gasteiger partial charge in [0.25, 0.3) is 0 Å². The van der Waals surface area contributed by atoms with E-state index in [1.165, 1.54) is 5.56 Å². The van der Waals surface area contributed by atoms with Crippen LogP contribution in [-0.4, -0.2) is 43.5 Å². The van der Waals surface area contributed by atoms with Gasteiger partial charge in [-0.15, -0.1) is 0 Å². The van der Waals surface area contributed by atoms with Crippen molar-refractivity contribution in [3.63, 3.8) is 0 Å². The molecule has 0 amide bonds. The predicted octanol–water partition coefficient (Wildman–Crippen LogP) is 3.08. The van der Waals surface area contributed by atoms with Gasteiger partial charge in [-0.25, -0.2) is 0 Å². The van der Waals surface area contributed by atoms with Crippen LogP contribution in [0.1, 0.15) is 30.4 Å². The van der Waals surface area contributed by atoms with E-state index in [0.717, 1.165) is 56.8 Å². The van der Waals surface area contributed by atoms with Gasteiger partial charge in [0.1, 0.15) is 0 Å². The van der Waals surface area contributed by atoms with Gasteiger partial charge in [-0.05, 0) is 42.9 Å². The van der Waals surface area contributed by atoms with Crippen LogP contribution in [-0.2, 0) is 9.53 Å². The van der Waals surface area contributed by atoms with Gasteiger partial charge in [-0.2, -0.15) is 0 Å². The van der Waals surface area contributed by atoms with E-state index in [2.05, 4.69) is 42.2 Å². The van der Waals surface area contributed by atoms with Crippen molar-refractivity contribution in [1.29, 1.82) is 0 Å². The molecule has 118 valence electrons. The number of hydrogen-bond donors (Lipinski definition) is 0. The molecule has 0 aromatic heterocycles. The van der Waals surface area contributed by atoms with Crippen LogP contribution in [0.5, 0.6) is 0 Å². The first-order chi connectivity index (χ1) is 10.7. The molecule has 0 bridgehead atoms. The lowest BCUT2D eigenvalue weighted by Gasteiger charge is -2.32. The van der Waals surface area contributed by atoms with Gasteiger partial charge in [-0.1, -0.05) is 29.8 Å². The van der Waals surface area contributed by atoms with Crippen LogP contribution in [0, 0.1) is 12.8 Å². The predicted molar refractivity (Wildman–Crippen MR) is 88.8 cm³/mol. The Labute approximate surface area is 133 Å². The molecule has 1 aliphatic heterocycles. The number of carbonyl (C=O) groups excluding carboxylic acids is 1. The fourth-order valence-electron chi connectivity index (χ4n) is 3.32. The quantitative estimate of drug-likeness (QED) is 0.803. The van der Waals surface area contributed by atoms with Gasteiger partial charge in [-0.3, -0.25) is 9.69 Å². The number of rotatable bonds is 3. The van der Waals surface area contributed by atoms with E-state index < -0.39 is 0 Å². The minimum atomic E-state index is 0.338. The summed E-state index contributed by atoms with van der Waals surface area (Å²) in [4.78, 5) is 14.8. The summed E-state index contributed by atoms with van der Waals surface area (Å²) in [5.41, 5.74) is 3.39. The van der Waals surface area contributed by atoms with E-state index in [-0.39, 0.29) is 0 Å². The highest BCUT2D eigenvalue weighted by molar-refractivity contribution is 6.00. The molecule has 1 aromatic rings. The van der Waals surface area contributed by atoms with Crippen molar-refractivity contribution >= 4 is 11.9 Å². The number of carbonyl (C=O) groups is 1. The van der Waals surface area contributed by atoms with Gasteiger partial charge in [0.2, 0.25) is 0 Å². The second kappa shape index (κ2) is 7.21. The minimum Gasteiger partial charge on any atom is -0.379 e. The standard InChI is InChI=1S/C19H25NO2/c1-15-2-4-16(5-3-15)12-18-7-6-17(13-19(18)21)14-20-8-10-22-11-9-20/h2-5,12,17H,6-11,13-14H2,1H3/b18-12-. The maximum Gasteiger partial charge on any atom is 0.159 e. The van der Waals surface area contributed by atoms with E-state index in [0.29, 0.717) is 18.1 Å². The molecule has 1 aromatic carbocycles. The Morgan fingerprint density at radius 3 is 2.64 bits per heavy atom. The molecule has 1 aliphatic carbocycles. The smallest absolute Gasteiger partial charge is 0.159 e. The van der Waals surface area contributed by atoms with E-state index in [9.17, 15) is 4.79 Å². The molecule has 1 atom stereocenters. The van der Waals surface area contributed by atoms with Crippen molar-refractivity contribution in [3.8, 4) is 0 Å². The first-order valence-electron chi connectivity index (χ1n) is 8.31. The van der Waals surface area contributed by atoms with Crippen LogP contribution in [0.25, 0.3) is 6.08 Å². The second-order valence-electron chi connectivity index (χ2n) is 6.53. The molecule has 0 spiro atoms. The molecule has 3 nitrogen and oxygen atoms in total. The monoisotopic (exact) mass is 299 g/mol. The van der Waals surface area contributed by atoms with Crippen LogP contribution in [0.2, 0.25) is 0 Å². The number of Topliss-reactive ketones (excluding diaryl/α,β-unsaturated/α-hetero) is 1. The lowest BCUT2D eigenvalue weighted by Crippen LogP contribution is -2.40. The normalized spacial score (nSPS) is 25.6. The summed E-state index contributed by atoms with van der Waals surface area (Å²) in [7, 11) is 0. The van der Waals surface area contributed by atoms with Crippen molar-refractivity contribution in [3.05, 3.63) is 41.0 Å². The number of benzene rings is 1. The largest absolute Gasteiger partial charge is 0.379 e. The minimum absolute atomic E-state index is 0.338. The zero-order valence-electron chi connectivity index (χ0n) is 13.4. The third kappa shape index (κ3) is 4.05. The lowest BCUT2D eigenvalue weighted by atomic mass is 9.83. The lowest BCUT2D eigenvalue weighted by molar-refractivity contribution is -0.117. The third-order valence-corrected chi connectivity index (χ3v) is 4.69. The maximum absolute atomic E-state index is 12.4. The Hall–Kier alpha value is -1.45. The second-order valence-corrected chi connectivity index (χ2v) is 6.53. The van der Waals surface area contributed by atoms with Gasteiger partial charge >= 0.3 is 0 Å². The van der Waals surface area contributed by atoms with Crippen LogP contribution < -0.4 is 0 Å². The van der Waals surface area contributed by atoms with Gasteiger partial charge < -0.3 is 4.74 Å². The number of ketones is 1. The number of ether oxygens (including phenoxy) is 1. The summed E-state index contributed by atoms with van der Waals surface area (Å²) >= 11 is 0. The van der Waals surface area contributed by atoms with E-state index in [1.54, 1.807) is 0 Å². The highest BCUT2D eigenvalue weighted by Gasteiger charge is 2.25. The molecule has 3 rings (SSSR count). The van der Waals surface area contributed by atoms with Crippen LogP contribution in [0.3, 0.4) is 0 Å². The highest BCUT2D eigenvalue weighted by atomic mass is 16.5. The average molecular weight is 299 g/mol. The molecule has 2 fully saturated rings. The molecular formula is C19H25NO2. The summed E-state index contributed by atoms with van der Waals surface area (Å²) in [5.74, 6) is 0.853. The molecule has 3 heteroatoms. The number of allylic oxidation sites excluding steroid dienone is 1. The fraction of sp³-hybridized carbons (Fsp3) is 0.526. The molecule has 1 saturated carbocycles. The van der Waals surface area contributed by atoms with Crippen LogP contribution >= 0.6 is 0 Å². The van der Waals surface area contributed by atoms with Gasteiger partial charge in [0.05, 0.1) is 13.2 Å². The van der Waals surface area contributed by atoms with E-state index in [1.807, 2.05) is 0 Å². The molecule has 0 N–H and O–H groups in total. The number of morpholine rings is 1. The van der Waals surface area contributed by atoms with Crippen LogP contribution in [0.4, 0.5) is 0 Å². The topological polar surface area (TPSA) is 29.5 Å². The zero-order chi connectivity index (χ0) is 15.4. The van der Waals surface area contributed by atoms with E-state index in [4.69, 9.17) is 4.74 Å². The molecule has 0 radical (unpaired) electrons. The van der Waals surface area contributed by atoms with Gasteiger partial charge in [0.15, 0.2) is 5.78 Å². The molecule has 1 unspecified atom stereocenters. The highest BCUT2D eigenvalue weighted by Crippen LogP contribution is 2.28. The zero-order valence-corrected chi connectivity index (χ0v) is 13.4. The number of aryl methyl sites for hydroxylation is 1. The van der Waals surface area contributed by atoms with E-state index >= 15 is 0 Å². The summed E-state index contributed by atoms with van der Waals surface area (Å²) in [6.07, 6.45) is 4.82. The van der Waals surface area contributed by atoms with Crippen molar-refractivity contribution in [1.82, 2.24) is 4.90 Å². The molecular weight excluding hydrogens is 274 g/mol. The number of hydrogen-bond acceptors (Lipinski definition) is 3. The van der Waals surface area contributed by atoms with Crippen molar-refractivity contribution in [2.75, 3.05) is 32.8 Å². The first-order valence-corrected chi connectivity index (χ1v) is 8.31. The third-order valence-electron chi connectivity index (χ3n) is 4.69. The van der Waals surface area contributed by atoms with Crippen molar-refractivity contribution in [2.45, 2.75) is 26.2 Å². The summed E-state index contributed by atoms with van der Waals surface area (Å²) in [6.45, 7) is 6.82. The first kappa shape index (κ1) is 15.4. The Kier molecular flexibility index (Phi) is 5.06. The Morgan fingerprint density at radius 1 is 1.23 bits per heavy atom. The summed E-state index contributed by atoms with van der Waals surface area (Å²) in [6, 6.07) is 8.38. The molecule has 1 saturated heterocycles.